The van der Waals surface area contributed by atoms with Gasteiger partial charge in [0, 0.05) is 0 Å². The van der Waals surface area contributed by atoms with Crippen LogP contribution in [0.1, 0.15) is 0 Å². The van der Waals surface area contributed by atoms with Crippen LogP contribution >= 0.6 is 16.7 Å². The van der Waals surface area contributed by atoms with Crippen molar-refractivity contribution in [3.63, 3.8) is 0 Å². The van der Waals surface area contributed by atoms with Gasteiger partial charge in [-0.2, -0.15) is 0 Å². The molecule has 0 bridgehead atoms. The molecular weight excluding hydrogens is 240 g/mol. The second-order valence-corrected chi connectivity index (χ2v) is 10.2. The minimum absolute atomic E-state index is 0.399. The maximum atomic E-state index is 2.46. The predicted molar refractivity (Wildman–Crippen MR) is 76.4 cm³/mol. The molecule has 0 amide bonds. The first-order valence-electron chi connectivity index (χ1n) is 5.22. The van der Waals surface area contributed by atoms with E-state index in [1.54, 1.807) is 0 Å². The van der Waals surface area contributed by atoms with Crippen molar-refractivity contribution in [2.75, 3.05) is 63.4 Å². The zero-order valence-electron chi connectivity index (χ0n) is 12.1. The standard InChI is InChI=1S/C9H27N5P2/c1-10(2)15(11(3)4)14(9)16(12(5)6)13(7)8/h1-9H3. The van der Waals surface area contributed by atoms with Crippen molar-refractivity contribution in [2.45, 2.75) is 0 Å². The summed E-state index contributed by atoms with van der Waals surface area (Å²) in [4.78, 5) is 0. The summed E-state index contributed by atoms with van der Waals surface area (Å²) in [6.45, 7) is 0. The van der Waals surface area contributed by atoms with Gasteiger partial charge in [-0.25, -0.2) is 4.44 Å². The van der Waals surface area contributed by atoms with Gasteiger partial charge in [-0.15, -0.1) is 0 Å². The Kier molecular flexibility index (Phi) is 7.47. The highest BCUT2D eigenvalue weighted by molar-refractivity contribution is 7.65. The van der Waals surface area contributed by atoms with E-state index in [-0.39, 0.29) is 0 Å². The van der Waals surface area contributed by atoms with E-state index in [0.717, 1.165) is 0 Å². The third kappa shape index (κ3) is 4.50. The lowest BCUT2D eigenvalue weighted by Gasteiger charge is -2.44. The van der Waals surface area contributed by atoms with Gasteiger partial charge in [0.05, 0.1) is 0 Å². The first-order chi connectivity index (χ1) is 7.20. The molecule has 98 valence electrons. The molecular formula is C9H27N5P2. The fraction of sp³-hybridized carbons (Fsp3) is 1.00. The summed E-state index contributed by atoms with van der Waals surface area (Å²) in [7, 11) is 18.5. The van der Waals surface area contributed by atoms with Gasteiger partial charge in [0.15, 0.2) is 0 Å². The monoisotopic (exact) mass is 267 g/mol. The van der Waals surface area contributed by atoms with Gasteiger partial charge in [0.2, 0.25) is 0 Å². The average molecular weight is 267 g/mol. The SMILES string of the molecule is CN(C)P(N(C)C)N(C)P(N(C)C)N(C)C. The Balaban J connectivity index is 4.88. The Labute approximate surface area is 104 Å². The molecule has 0 heterocycles. The van der Waals surface area contributed by atoms with Crippen LogP contribution < -0.4 is 0 Å². The second-order valence-electron chi connectivity index (χ2n) is 4.41. The molecule has 5 nitrogen and oxygen atoms in total. The third-order valence-corrected chi connectivity index (χ3v) is 6.81. The van der Waals surface area contributed by atoms with Crippen LogP contribution in [0, 0.1) is 0 Å². The molecule has 0 saturated carbocycles. The fourth-order valence-corrected chi connectivity index (χ4v) is 7.82. The number of hydrogen-bond acceptors (Lipinski definition) is 5. The molecule has 0 spiro atoms. The Morgan fingerprint density at radius 2 is 0.625 bits per heavy atom. The molecule has 0 unspecified atom stereocenters. The average Bonchev–Trinajstić information content (AvgIpc) is 1.99. The van der Waals surface area contributed by atoms with Crippen LogP contribution in [0.4, 0.5) is 0 Å². The summed E-state index contributed by atoms with van der Waals surface area (Å²) in [5, 5.41) is 0. The molecule has 0 aromatic rings. The van der Waals surface area contributed by atoms with E-state index in [0.29, 0.717) is 0 Å². The maximum absolute atomic E-state index is 2.46. The van der Waals surface area contributed by atoms with Gasteiger partial charge < -0.3 is 0 Å². The zero-order chi connectivity index (χ0) is 13.0. The van der Waals surface area contributed by atoms with Gasteiger partial charge in [-0.3, -0.25) is 18.7 Å². The van der Waals surface area contributed by atoms with Crippen LogP contribution in [0.25, 0.3) is 0 Å². The summed E-state index contributed by atoms with van der Waals surface area (Å²) < 4.78 is 11.6. The molecule has 16 heavy (non-hydrogen) atoms. The maximum Gasteiger partial charge on any atom is 0.124 e. The molecule has 0 aliphatic rings. The van der Waals surface area contributed by atoms with E-state index in [1.165, 1.54) is 0 Å². The minimum Gasteiger partial charge on any atom is -0.263 e. The summed E-state index contributed by atoms with van der Waals surface area (Å²) >= 11 is 0. The molecule has 0 atom stereocenters. The van der Waals surface area contributed by atoms with Crippen LogP contribution in [0.2, 0.25) is 0 Å². The Bertz CT molecular complexity index is 162. The van der Waals surface area contributed by atoms with E-state index >= 15 is 0 Å². The van der Waals surface area contributed by atoms with E-state index in [9.17, 15) is 0 Å². The van der Waals surface area contributed by atoms with E-state index in [4.69, 9.17) is 0 Å². The van der Waals surface area contributed by atoms with Crippen molar-refractivity contribution in [3.05, 3.63) is 0 Å². The van der Waals surface area contributed by atoms with Crippen LogP contribution in [0.15, 0.2) is 0 Å². The van der Waals surface area contributed by atoms with Gasteiger partial charge in [0.1, 0.15) is 16.7 Å². The van der Waals surface area contributed by atoms with Crippen LogP contribution in [-0.2, 0) is 0 Å². The first-order valence-corrected chi connectivity index (χ1v) is 7.62. The van der Waals surface area contributed by atoms with E-state index < -0.39 is 16.7 Å². The van der Waals surface area contributed by atoms with Gasteiger partial charge in [0.25, 0.3) is 0 Å². The highest BCUT2D eigenvalue weighted by Crippen LogP contribution is 2.58. The lowest BCUT2D eigenvalue weighted by Crippen LogP contribution is -2.32. The van der Waals surface area contributed by atoms with Crippen LogP contribution in [-0.4, -0.2) is 86.6 Å². The number of hydrogen-bond donors (Lipinski definition) is 0. The molecule has 0 saturated heterocycles. The summed E-state index contributed by atoms with van der Waals surface area (Å²) in [5.74, 6) is 0. The lowest BCUT2D eigenvalue weighted by atomic mass is 11.3. The Morgan fingerprint density at radius 1 is 0.438 bits per heavy atom. The summed E-state index contributed by atoms with van der Waals surface area (Å²) in [5.41, 5.74) is 0. The van der Waals surface area contributed by atoms with Gasteiger partial charge >= 0.3 is 0 Å². The molecule has 7 heteroatoms. The fourth-order valence-electron chi connectivity index (χ4n) is 1.82. The molecule has 0 rings (SSSR count). The van der Waals surface area contributed by atoms with Crippen molar-refractivity contribution < 1.29 is 0 Å². The van der Waals surface area contributed by atoms with Crippen molar-refractivity contribution in [1.29, 1.82) is 0 Å². The van der Waals surface area contributed by atoms with E-state index in [1.807, 2.05) is 0 Å². The number of rotatable bonds is 6. The summed E-state index contributed by atoms with van der Waals surface area (Å²) in [6, 6.07) is 0. The second kappa shape index (κ2) is 7.17. The molecule has 0 N–H and O–H groups in total. The Hall–Kier alpha value is 0.660. The lowest BCUT2D eigenvalue weighted by molar-refractivity contribution is 0.486. The molecule has 0 aliphatic heterocycles. The molecule has 0 aromatic heterocycles. The highest BCUT2D eigenvalue weighted by Gasteiger charge is 2.30. The van der Waals surface area contributed by atoms with Gasteiger partial charge in [-0.1, -0.05) is 0 Å². The molecule has 0 aromatic carbocycles. The van der Waals surface area contributed by atoms with Crippen molar-refractivity contribution in [2.24, 2.45) is 0 Å². The molecule has 0 fully saturated rings. The number of nitrogens with zero attached hydrogens (tertiary/aromatic N) is 5. The van der Waals surface area contributed by atoms with Crippen LogP contribution in [0.3, 0.4) is 0 Å². The topological polar surface area (TPSA) is 16.2 Å². The van der Waals surface area contributed by atoms with Crippen LogP contribution in [0.5, 0.6) is 0 Å². The predicted octanol–water partition coefficient (Wildman–Crippen LogP) is 1.62. The molecule has 0 radical (unpaired) electrons. The zero-order valence-corrected chi connectivity index (χ0v) is 13.9. The minimum atomic E-state index is -0.399. The largest absolute Gasteiger partial charge is 0.263 e. The van der Waals surface area contributed by atoms with Crippen molar-refractivity contribution in [3.8, 4) is 0 Å². The first kappa shape index (κ1) is 16.7. The highest BCUT2D eigenvalue weighted by atomic mass is 31.2. The summed E-state index contributed by atoms with van der Waals surface area (Å²) in [6.07, 6.45) is 0. The van der Waals surface area contributed by atoms with Gasteiger partial charge in [-0.05, 0) is 63.4 Å². The van der Waals surface area contributed by atoms with E-state index in [2.05, 4.69) is 86.6 Å². The van der Waals surface area contributed by atoms with Crippen molar-refractivity contribution >= 4 is 16.7 Å². The van der Waals surface area contributed by atoms with Crippen molar-refractivity contribution in [1.82, 2.24) is 23.1 Å². The third-order valence-electron chi connectivity index (χ3n) is 1.95. The molecule has 0 aliphatic carbocycles. The Morgan fingerprint density at radius 3 is 0.750 bits per heavy atom. The quantitative estimate of drug-likeness (QED) is 0.678. The smallest absolute Gasteiger partial charge is 0.124 e. The normalized spacial score (nSPS) is 13.5.